The van der Waals surface area contributed by atoms with Crippen molar-refractivity contribution in [3.8, 4) is 0 Å². The summed E-state index contributed by atoms with van der Waals surface area (Å²) in [5.74, 6) is -0.353. The van der Waals surface area contributed by atoms with Crippen LogP contribution in [0.25, 0.3) is 0 Å². The van der Waals surface area contributed by atoms with Crippen LogP contribution in [0.3, 0.4) is 0 Å². The second-order valence-corrected chi connectivity index (χ2v) is 4.63. The fourth-order valence-electron chi connectivity index (χ4n) is 1.93. The van der Waals surface area contributed by atoms with Crippen LogP contribution in [0.5, 0.6) is 0 Å². The minimum atomic E-state index is -0.353. The summed E-state index contributed by atoms with van der Waals surface area (Å²) >= 11 is 0. The van der Waals surface area contributed by atoms with E-state index in [-0.39, 0.29) is 5.79 Å². The number of ether oxygens (including phenoxy) is 2. The second kappa shape index (κ2) is 5.72. The highest BCUT2D eigenvalue weighted by molar-refractivity contribution is 4.68. The Balaban J connectivity index is 2.12. The van der Waals surface area contributed by atoms with Crippen LogP contribution in [0, 0.1) is 0 Å². The van der Waals surface area contributed by atoms with Gasteiger partial charge < -0.3 is 9.47 Å². The van der Waals surface area contributed by atoms with Crippen molar-refractivity contribution in [3.05, 3.63) is 0 Å². The van der Waals surface area contributed by atoms with E-state index in [1.165, 1.54) is 32.1 Å². The molecule has 0 radical (unpaired) electrons. The molecule has 1 rings (SSSR count). The first-order valence-electron chi connectivity index (χ1n) is 5.96. The number of rotatable bonds is 5. The minimum Gasteiger partial charge on any atom is -0.350 e. The van der Waals surface area contributed by atoms with Gasteiger partial charge in [0.1, 0.15) is 0 Å². The number of hydrogen-bond acceptors (Lipinski definition) is 2. The number of unbranched alkanes of at least 4 members (excludes halogenated alkanes) is 3. The van der Waals surface area contributed by atoms with Crippen LogP contribution < -0.4 is 0 Å². The van der Waals surface area contributed by atoms with Crippen molar-refractivity contribution in [1.29, 1.82) is 0 Å². The van der Waals surface area contributed by atoms with Gasteiger partial charge in [-0.3, -0.25) is 0 Å². The Bertz CT molecular complexity index is 154. The highest BCUT2D eigenvalue weighted by Crippen LogP contribution is 2.25. The average Bonchev–Trinajstić information content (AvgIpc) is 2.11. The van der Waals surface area contributed by atoms with Gasteiger partial charge in [0.25, 0.3) is 0 Å². The molecule has 2 heteroatoms. The van der Waals surface area contributed by atoms with Crippen molar-refractivity contribution in [2.45, 2.75) is 71.2 Å². The van der Waals surface area contributed by atoms with Gasteiger partial charge in [-0.05, 0) is 26.7 Å². The monoisotopic (exact) mass is 200 g/mol. The maximum absolute atomic E-state index is 5.83. The Labute approximate surface area is 88.0 Å². The van der Waals surface area contributed by atoms with Crippen LogP contribution in [0.2, 0.25) is 0 Å². The zero-order valence-electron chi connectivity index (χ0n) is 9.84. The fraction of sp³-hybridized carbons (Fsp3) is 1.00. The summed E-state index contributed by atoms with van der Waals surface area (Å²) < 4.78 is 11.3. The van der Waals surface area contributed by atoms with E-state index in [1.54, 1.807) is 0 Å². The molecule has 0 aromatic carbocycles. The van der Waals surface area contributed by atoms with Gasteiger partial charge in [-0.2, -0.15) is 0 Å². The Hall–Kier alpha value is -0.0800. The van der Waals surface area contributed by atoms with Crippen molar-refractivity contribution in [3.63, 3.8) is 0 Å². The molecule has 0 spiro atoms. The van der Waals surface area contributed by atoms with Crippen LogP contribution in [-0.4, -0.2) is 18.5 Å². The van der Waals surface area contributed by atoms with Crippen molar-refractivity contribution < 1.29 is 9.47 Å². The van der Waals surface area contributed by atoms with E-state index in [2.05, 4.69) is 6.92 Å². The zero-order chi connectivity index (χ0) is 10.4. The topological polar surface area (TPSA) is 18.5 Å². The summed E-state index contributed by atoms with van der Waals surface area (Å²) in [4.78, 5) is 0. The lowest BCUT2D eigenvalue weighted by molar-refractivity contribution is -0.274. The van der Waals surface area contributed by atoms with Gasteiger partial charge in [-0.25, -0.2) is 0 Å². The fourth-order valence-corrected chi connectivity index (χ4v) is 1.93. The summed E-state index contributed by atoms with van der Waals surface area (Å²) in [6.07, 6.45) is 8.00. The first-order valence-corrected chi connectivity index (χ1v) is 5.96. The summed E-state index contributed by atoms with van der Waals surface area (Å²) in [7, 11) is 0. The van der Waals surface area contributed by atoms with E-state index in [1.807, 2.05) is 13.8 Å². The summed E-state index contributed by atoms with van der Waals surface area (Å²) in [5.41, 5.74) is 0. The van der Waals surface area contributed by atoms with Gasteiger partial charge in [-0.1, -0.05) is 32.6 Å². The van der Waals surface area contributed by atoms with Gasteiger partial charge in [0.2, 0.25) is 0 Å². The van der Waals surface area contributed by atoms with E-state index in [0.29, 0.717) is 6.10 Å². The smallest absolute Gasteiger partial charge is 0.163 e. The van der Waals surface area contributed by atoms with Crippen LogP contribution in [-0.2, 0) is 9.47 Å². The molecule has 2 nitrogen and oxygen atoms in total. The summed E-state index contributed by atoms with van der Waals surface area (Å²) in [5, 5.41) is 0. The maximum Gasteiger partial charge on any atom is 0.163 e. The Morgan fingerprint density at radius 3 is 2.64 bits per heavy atom. The molecule has 0 amide bonds. The van der Waals surface area contributed by atoms with Gasteiger partial charge in [0.05, 0.1) is 12.7 Å². The molecule has 0 N–H and O–H groups in total. The number of hydrogen-bond donors (Lipinski definition) is 0. The van der Waals surface area contributed by atoms with Crippen LogP contribution in [0.15, 0.2) is 0 Å². The van der Waals surface area contributed by atoms with Crippen LogP contribution >= 0.6 is 0 Å². The van der Waals surface area contributed by atoms with Crippen LogP contribution in [0.1, 0.15) is 59.3 Å². The molecule has 0 aliphatic carbocycles. The molecule has 0 aromatic rings. The van der Waals surface area contributed by atoms with Gasteiger partial charge in [0, 0.05) is 0 Å². The average molecular weight is 200 g/mol. The molecule has 84 valence electrons. The molecule has 1 atom stereocenters. The molecule has 1 fully saturated rings. The SMILES string of the molecule is CCCCCCC1CCOC(C)(C)O1. The third-order valence-electron chi connectivity index (χ3n) is 2.72. The van der Waals surface area contributed by atoms with Crippen LogP contribution in [0.4, 0.5) is 0 Å². The zero-order valence-corrected chi connectivity index (χ0v) is 9.84. The summed E-state index contributed by atoms with van der Waals surface area (Å²) in [6, 6.07) is 0. The highest BCUT2D eigenvalue weighted by Gasteiger charge is 2.28. The van der Waals surface area contributed by atoms with Crippen molar-refractivity contribution in [2.75, 3.05) is 6.61 Å². The first-order chi connectivity index (χ1) is 6.64. The van der Waals surface area contributed by atoms with E-state index in [4.69, 9.17) is 9.47 Å². The van der Waals surface area contributed by atoms with E-state index >= 15 is 0 Å². The van der Waals surface area contributed by atoms with Crippen molar-refractivity contribution in [1.82, 2.24) is 0 Å². The molecule has 0 aromatic heterocycles. The lowest BCUT2D eigenvalue weighted by Crippen LogP contribution is -2.39. The summed E-state index contributed by atoms with van der Waals surface area (Å²) in [6.45, 7) is 7.11. The van der Waals surface area contributed by atoms with E-state index < -0.39 is 0 Å². The van der Waals surface area contributed by atoms with Gasteiger partial charge in [0.15, 0.2) is 5.79 Å². The molecule has 1 unspecified atom stereocenters. The Morgan fingerprint density at radius 2 is 2.00 bits per heavy atom. The van der Waals surface area contributed by atoms with Gasteiger partial charge in [-0.15, -0.1) is 0 Å². The predicted molar refractivity (Wildman–Crippen MR) is 58.3 cm³/mol. The molecule has 1 heterocycles. The lowest BCUT2D eigenvalue weighted by atomic mass is 10.1. The molecule has 1 saturated heterocycles. The van der Waals surface area contributed by atoms with Crippen molar-refractivity contribution in [2.24, 2.45) is 0 Å². The Kier molecular flexibility index (Phi) is 4.90. The lowest BCUT2D eigenvalue weighted by Gasteiger charge is -2.36. The Morgan fingerprint density at radius 1 is 1.21 bits per heavy atom. The third-order valence-corrected chi connectivity index (χ3v) is 2.72. The van der Waals surface area contributed by atoms with E-state index in [9.17, 15) is 0 Å². The quantitative estimate of drug-likeness (QED) is 0.632. The van der Waals surface area contributed by atoms with Crippen molar-refractivity contribution >= 4 is 0 Å². The molecule has 0 saturated carbocycles. The largest absolute Gasteiger partial charge is 0.350 e. The predicted octanol–water partition coefficient (Wildman–Crippen LogP) is 3.50. The molecule has 1 aliphatic heterocycles. The molecular weight excluding hydrogens is 176 g/mol. The minimum absolute atomic E-state index is 0.353. The normalized spacial score (nSPS) is 26.4. The molecular formula is C12H24O2. The third kappa shape index (κ3) is 4.43. The van der Waals surface area contributed by atoms with Gasteiger partial charge >= 0.3 is 0 Å². The molecule has 1 aliphatic rings. The molecule has 0 bridgehead atoms. The standard InChI is InChI=1S/C12H24O2/c1-4-5-6-7-8-11-9-10-13-12(2,3)14-11/h11H,4-10H2,1-3H3. The second-order valence-electron chi connectivity index (χ2n) is 4.63. The highest BCUT2D eigenvalue weighted by atomic mass is 16.7. The maximum atomic E-state index is 5.83. The van der Waals surface area contributed by atoms with E-state index in [0.717, 1.165) is 13.0 Å². The first kappa shape index (κ1) is 12.0. The molecule has 14 heavy (non-hydrogen) atoms.